The fraction of sp³-hybridized carbons (Fsp3) is 0.393. The summed E-state index contributed by atoms with van der Waals surface area (Å²) in [6.07, 6.45) is 9.74. The maximum Gasteiger partial charge on any atom is 0.246 e. The maximum atomic E-state index is 14.1. The van der Waals surface area contributed by atoms with Crippen LogP contribution in [0.2, 0.25) is 0 Å². The van der Waals surface area contributed by atoms with E-state index in [1.54, 1.807) is 50.4 Å². The Labute approximate surface area is 415 Å². The molecule has 370 valence electrons. The Morgan fingerprint density at radius 1 is 0.690 bits per heavy atom. The summed E-state index contributed by atoms with van der Waals surface area (Å²) in [5.41, 5.74) is 14.0. The van der Waals surface area contributed by atoms with Gasteiger partial charge in [-0.05, 0) is 91.4 Å². The summed E-state index contributed by atoms with van der Waals surface area (Å²) < 4.78 is 23.8. The molecule has 4 aromatic carbocycles. The smallest absolute Gasteiger partial charge is 0.246 e. The first-order valence-electron chi connectivity index (χ1n) is 24.6. The van der Waals surface area contributed by atoms with E-state index in [9.17, 15) is 19.2 Å². The summed E-state index contributed by atoms with van der Waals surface area (Å²) in [5, 5.41) is 5.52. The Bertz CT molecular complexity index is 2810. The highest BCUT2D eigenvalue weighted by atomic mass is 16.5. The molecule has 6 atom stereocenters. The first kappa shape index (κ1) is 48.9. The number of aliphatic imine (C=N–C) groups is 2. The number of likely N-dealkylation sites (N-methyl/N-ethyl adjacent to an activating group) is 1. The zero-order valence-electron chi connectivity index (χ0n) is 41.3. The number of hydrogen-bond acceptors (Lipinski definition) is 13. The van der Waals surface area contributed by atoms with Crippen LogP contribution in [0.15, 0.2) is 94.9 Å². The zero-order chi connectivity index (χ0) is 49.9. The topological polar surface area (TPSA) is 186 Å². The molecule has 0 aromatic heterocycles. The standard InChI is InChI=1S/C56H63N7O8/c1-32(2)52(57)56(67)60-33(3)55(66)61-40-12-8-34(9-13-40)36-22-38-30-58-46-28-50(48(68-5)26-44(46)53(64)42(38)24-36)70-20-7-21-71-51-29-47-45(27-49(51)69-6)54(65)43-25-37(23-39(43)31-59-47)35-10-14-41(15-11-35)63-18-16-62(4)17-19-63/h8-15,24-33,38-39,42-43,52H,7,16-23,57H2,1-6H3,(H,60,67)(H,61,66)/t33-,38-,39-,42?,43?,52-/m0/s1. The van der Waals surface area contributed by atoms with E-state index >= 15 is 0 Å². The summed E-state index contributed by atoms with van der Waals surface area (Å²) in [6.45, 7) is 10.0. The van der Waals surface area contributed by atoms with Crippen LogP contribution in [0.3, 0.4) is 0 Å². The molecule has 4 N–H and O–H groups in total. The van der Waals surface area contributed by atoms with Crippen LogP contribution in [0, 0.1) is 29.6 Å². The van der Waals surface area contributed by atoms with Gasteiger partial charge in [0.05, 0.1) is 44.8 Å². The molecular formula is C56H63N7O8. The first-order chi connectivity index (χ1) is 34.3. The maximum absolute atomic E-state index is 14.1. The van der Waals surface area contributed by atoms with Gasteiger partial charge in [-0.3, -0.25) is 29.2 Å². The van der Waals surface area contributed by atoms with Crippen molar-refractivity contribution >= 4 is 69.7 Å². The number of fused-ring (bicyclic) bond motifs is 4. The summed E-state index contributed by atoms with van der Waals surface area (Å²) >= 11 is 0. The molecule has 71 heavy (non-hydrogen) atoms. The lowest BCUT2D eigenvalue weighted by Gasteiger charge is -2.34. The van der Waals surface area contributed by atoms with Crippen LogP contribution >= 0.6 is 0 Å². The molecule has 1 saturated heterocycles. The number of ether oxygens (including phenoxy) is 4. The molecule has 5 aliphatic rings. The van der Waals surface area contributed by atoms with E-state index in [2.05, 4.69) is 57.8 Å². The van der Waals surface area contributed by atoms with Gasteiger partial charge in [-0.25, -0.2) is 0 Å². The Balaban J connectivity index is 0.785. The average Bonchev–Trinajstić information content (AvgIpc) is 3.96. The summed E-state index contributed by atoms with van der Waals surface area (Å²) in [6, 6.07) is 21.6. The molecule has 9 rings (SSSR count). The van der Waals surface area contributed by atoms with Gasteiger partial charge < -0.3 is 45.1 Å². The number of benzene rings is 4. The molecule has 1 fully saturated rings. The molecule has 2 unspecified atom stereocenters. The molecule has 4 aromatic rings. The van der Waals surface area contributed by atoms with Crippen molar-refractivity contribution in [1.29, 1.82) is 0 Å². The SMILES string of the molecule is COc1cc2c(cc1OCCCOc1cc3c(cc1OC)C(=O)C1C=C(c4ccc(N5CCN(C)CC5)cc4)C[C@H]1C=N3)N=C[C@@H]1CC(c3ccc(NC(=O)[C@H](C)NC(=O)[C@@H](N)C(C)C)cc3)=CC1C2=O. The lowest BCUT2D eigenvalue weighted by Crippen LogP contribution is -2.50. The summed E-state index contributed by atoms with van der Waals surface area (Å²) in [4.78, 5) is 67.7. The van der Waals surface area contributed by atoms with Crippen molar-refractivity contribution in [2.75, 3.05) is 70.9 Å². The lowest BCUT2D eigenvalue weighted by molar-refractivity contribution is -0.127. The minimum Gasteiger partial charge on any atom is -0.493 e. The Morgan fingerprint density at radius 2 is 1.18 bits per heavy atom. The van der Waals surface area contributed by atoms with Gasteiger partial charge in [0.15, 0.2) is 34.6 Å². The number of carbonyl (C=O) groups excluding carboxylic acids is 4. The number of piperazine rings is 1. The largest absolute Gasteiger partial charge is 0.493 e. The fourth-order valence-corrected chi connectivity index (χ4v) is 9.87. The van der Waals surface area contributed by atoms with Crippen LogP contribution in [0.25, 0.3) is 11.1 Å². The predicted octanol–water partition coefficient (Wildman–Crippen LogP) is 7.97. The molecular weight excluding hydrogens is 899 g/mol. The molecule has 0 radical (unpaired) electrons. The van der Waals surface area contributed by atoms with Crippen LogP contribution in [0.5, 0.6) is 23.0 Å². The third-order valence-electron chi connectivity index (χ3n) is 14.3. The van der Waals surface area contributed by atoms with Gasteiger partial charge in [-0.2, -0.15) is 0 Å². The lowest BCUT2D eigenvalue weighted by atomic mass is 9.89. The van der Waals surface area contributed by atoms with E-state index in [4.69, 9.17) is 34.7 Å². The van der Waals surface area contributed by atoms with Crippen LogP contribution in [0.1, 0.15) is 71.9 Å². The monoisotopic (exact) mass is 961 g/mol. The predicted molar refractivity (Wildman–Crippen MR) is 277 cm³/mol. The molecule has 2 aliphatic carbocycles. The Kier molecular flexibility index (Phi) is 14.5. The van der Waals surface area contributed by atoms with E-state index < -0.39 is 18.0 Å². The van der Waals surface area contributed by atoms with Crippen molar-refractivity contribution in [2.45, 2.75) is 52.1 Å². The number of allylic oxidation sites excluding steroid dienone is 4. The number of rotatable bonds is 16. The number of methoxy groups -OCH3 is 2. The molecule has 0 bridgehead atoms. The van der Waals surface area contributed by atoms with Crippen LogP contribution in [0.4, 0.5) is 22.7 Å². The first-order valence-corrected chi connectivity index (χ1v) is 24.6. The minimum atomic E-state index is -0.768. The van der Waals surface area contributed by atoms with Gasteiger partial charge in [0.1, 0.15) is 6.04 Å². The molecule has 2 amide bonds. The highest BCUT2D eigenvalue weighted by molar-refractivity contribution is 6.09. The van der Waals surface area contributed by atoms with Gasteiger partial charge in [0, 0.05) is 103 Å². The second-order valence-corrected chi connectivity index (χ2v) is 19.5. The number of nitrogens with zero attached hydrogens (tertiary/aromatic N) is 4. The van der Waals surface area contributed by atoms with Crippen LogP contribution in [-0.2, 0) is 9.59 Å². The second-order valence-electron chi connectivity index (χ2n) is 19.5. The molecule has 0 saturated carbocycles. The van der Waals surface area contributed by atoms with Crippen molar-refractivity contribution in [2.24, 2.45) is 45.3 Å². The Morgan fingerprint density at radius 3 is 1.66 bits per heavy atom. The van der Waals surface area contributed by atoms with E-state index in [-0.39, 0.29) is 53.7 Å². The third kappa shape index (κ3) is 10.5. The molecule has 15 heteroatoms. The van der Waals surface area contributed by atoms with Crippen molar-refractivity contribution in [3.63, 3.8) is 0 Å². The minimum absolute atomic E-state index is 0.0189. The number of amides is 2. The highest BCUT2D eigenvalue weighted by Gasteiger charge is 2.38. The summed E-state index contributed by atoms with van der Waals surface area (Å²) in [7, 11) is 5.26. The van der Waals surface area contributed by atoms with Crippen molar-refractivity contribution < 1.29 is 38.1 Å². The molecule has 0 spiro atoms. The van der Waals surface area contributed by atoms with E-state index in [1.165, 1.54) is 12.8 Å². The third-order valence-corrected chi connectivity index (χ3v) is 14.3. The number of anilines is 2. The van der Waals surface area contributed by atoms with Crippen molar-refractivity contribution in [3.05, 3.63) is 107 Å². The van der Waals surface area contributed by atoms with Crippen LogP contribution in [-0.4, -0.2) is 113 Å². The molecule has 3 heterocycles. The van der Waals surface area contributed by atoms with Gasteiger partial charge >= 0.3 is 0 Å². The second kappa shape index (κ2) is 21.1. The molecule has 15 nitrogen and oxygen atoms in total. The van der Waals surface area contributed by atoms with E-state index in [1.807, 2.05) is 44.5 Å². The van der Waals surface area contributed by atoms with Gasteiger partial charge in [0.25, 0.3) is 0 Å². The Hall–Kier alpha value is -7.10. The van der Waals surface area contributed by atoms with Crippen molar-refractivity contribution in [1.82, 2.24) is 10.2 Å². The van der Waals surface area contributed by atoms with Gasteiger partial charge in [0.2, 0.25) is 11.8 Å². The summed E-state index contributed by atoms with van der Waals surface area (Å²) in [5.74, 6) is 0.0917. The average molecular weight is 962 g/mol. The fourth-order valence-electron chi connectivity index (χ4n) is 9.87. The number of nitrogens with two attached hydrogens (primary N) is 1. The van der Waals surface area contributed by atoms with E-state index in [0.717, 1.165) is 54.9 Å². The number of ketones is 2. The number of carbonyl (C=O) groups is 4. The number of Topliss-reactive ketones (excluding diaryl/α,β-unsaturated/α-hetero) is 2. The van der Waals surface area contributed by atoms with Gasteiger partial charge in [-0.15, -0.1) is 0 Å². The molecule has 3 aliphatic heterocycles. The quantitative estimate of drug-likeness (QED) is 0.0925. The van der Waals surface area contributed by atoms with Crippen molar-refractivity contribution in [3.8, 4) is 23.0 Å². The van der Waals surface area contributed by atoms with Gasteiger partial charge in [-0.1, -0.05) is 50.3 Å². The normalized spacial score (nSPS) is 21.2. The highest BCUT2D eigenvalue weighted by Crippen LogP contribution is 2.46. The number of hydrogen-bond donors (Lipinski definition) is 3. The van der Waals surface area contributed by atoms with Crippen LogP contribution < -0.4 is 40.2 Å². The zero-order valence-corrected chi connectivity index (χ0v) is 41.3. The van der Waals surface area contributed by atoms with E-state index in [0.29, 0.717) is 70.6 Å². The number of nitrogens with one attached hydrogen (secondary N) is 2.